The number of nitrogens with zero attached hydrogens (tertiary/aromatic N) is 1. The Morgan fingerprint density at radius 2 is 1.75 bits per heavy atom. The first-order chi connectivity index (χ1) is 7.56. The minimum Gasteiger partial charge on any atom is -0.274 e. The van der Waals surface area contributed by atoms with Gasteiger partial charge in [0.05, 0.1) is 7.11 Å². The Kier molecular flexibility index (Phi) is 6.42. The first-order valence-electron chi connectivity index (χ1n) is 5.45. The molecular weight excluding hydrogens is 202 g/mol. The third-order valence-corrected chi connectivity index (χ3v) is 2.31. The summed E-state index contributed by atoms with van der Waals surface area (Å²) in [5, 5.41) is 1.21. The lowest BCUT2D eigenvalue weighted by molar-refractivity contribution is -0.0757. The van der Waals surface area contributed by atoms with Crippen molar-refractivity contribution in [1.82, 2.24) is 5.06 Å². The van der Waals surface area contributed by atoms with Crippen LogP contribution in [0.25, 0.3) is 0 Å². The van der Waals surface area contributed by atoms with Gasteiger partial charge in [-0.25, -0.2) is 5.06 Å². The van der Waals surface area contributed by atoms with Crippen LogP contribution < -0.4 is 0 Å². The second kappa shape index (κ2) is 7.01. The van der Waals surface area contributed by atoms with Crippen molar-refractivity contribution in [3.63, 3.8) is 0 Å². The van der Waals surface area contributed by atoms with Crippen molar-refractivity contribution < 1.29 is 9.63 Å². The van der Waals surface area contributed by atoms with Gasteiger partial charge in [-0.3, -0.25) is 9.63 Å². The maximum Gasteiger partial charge on any atom is 0.277 e. The number of carbonyl (C=O) groups is 1. The van der Waals surface area contributed by atoms with Crippen molar-refractivity contribution in [2.24, 2.45) is 0 Å². The van der Waals surface area contributed by atoms with Gasteiger partial charge in [-0.1, -0.05) is 19.9 Å². The van der Waals surface area contributed by atoms with Crippen LogP contribution in [0, 0.1) is 13.8 Å². The highest BCUT2D eigenvalue weighted by Gasteiger charge is 2.11. The molecule has 16 heavy (non-hydrogen) atoms. The number of rotatable bonds is 2. The summed E-state index contributed by atoms with van der Waals surface area (Å²) in [6.07, 6.45) is 0. The largest absolute Gasteiger partial charge is 0.277 e. The molecule has 3 nitrogen and oxygen atoms in total. The minimum atomic E-state index is -0.129. The molecule has 90 valence electrons. The number of hydrogen-bond donors (Lipinski definition) is 0. The average Bonchev–Trinajstić information content (AvgIpc) is 2.33. The second-order valence-electron chi connectivity index (χ2n) is 3.28. The van der Waals surface area contributed by atoms with Crippen molar-refractivity contribution >= 4 is 5.91 Å². The first kappa shape index (κ1) is 14.6. The molecule has 0 bridgehead atoms. The van der Waals surface area contributed by atoms with Crippen LogP contribution in [0.15, 0.2) is 18.2 Å². The normalized spacial score (nSPS) is 9.12. The molecule has 0 aliphatic heterocycles. The monoisotopic (exact) mass is 223 g/mol. The molecule has 0 spiro atoms. The van der Waals surface area contributed by atoms with Gasteiger partial charge < -0.3 is 0 Å². The molecule has 3 heteroatoms. The molecule has 0 aliphatic carbocycles. The van der Waals surface area contributed by atoms with Crippen LogP contribution in [-0.4, -0.2) is 25.1 Å². The summed E-state index contributed by atoms with van der Waals surface area (Å²) in [4.78, 5) is 16.5. The predicted molar refractivity (Wildman–Crippen MR) is 66.4 cm³/mol. The number of hydroxylamine groups is 2. The molecule has 1 aromatic rings. The van der Waals surface area contributed by atoms with Gasteiger partial charge in [0.2, 0.25) is 0 Å². The summed E-state index contributed by atoms with van der Waals surface area (Å²) in [7, 11) is 3.07. The van der Waals surface area contributed by atoms with Crippen molar-refractivity contribution in [3.8, 4) is 0 Å². The lowest BCUT2D eigenvalue weighted by Gasteiger charge is -2.14. The predicted octanol–water partition coefficient (Wildman–Crippen LogP) is 2.96. The molecule has 0 aliphatic rings. The molecule has 0 aromatic heterocycles. The minimum absolute atomic E-state index is 0.129. The quantitative estimate of drug-likeness (QED) is 0.721. The van der Waals surface area contributed by atoms with Crippen LogP contribution in [-0.2, 0) is 4.84 Å². The van der Waals surface area contributed by atoms with Crippen LogP contribution in [0.1, 0.15) is 35.3 Å². The van der Waals surface area contributed by atoms with E-state index in [9.17, 15) is 4.79 Å². The second-order valence-corrected chi connectivity index (χ2v) is 3.28. The van der Waals surface area contributed by atoms with E-state index in [0.29, 0.717) is 5.56 Å². The lowest BCUT2D eigenvalue weighted by atomic mass is 10.1. The first-order valence-corrected chi connectivity index (χ1v) is 5.45. The summed E-state index contributed by atoms with van der Waals surface area (Å²) in [6.45, 7) is 8.00. The molecule has 0 saturated carbocycles. The molecule has 0 unspecified atom stereocenters. The van der Waals surface area contributed by atoms with Crippen molar-refractivity contribution in [2.45, 2.75) is 27.7 Å². The van der Waals surface area contributed by atoms with Gasteiger partial charge in [-0.15, -0.1) is 0 Å². The zero-order valence-corrected chi connectivity index (χ0v) is 11.0. The Balaban J connectivity index is 0.00000106. The number of hydrogen-bond acceptors (Lipinski definition) is 2. The highest BCUT2D eigenvalue weighted by Crippen LogP contribution is 2.11. The van der Waals surface area contributed by atoms with Gasteiger partial charge >= 0.3 is 0 Å². The summed E-state index contributed by atoms with van der Waals surface area (Å²) in [5.74, 6) is -0.129. The van der Waals surface area contributed by atoms with E-state index < -0.39 is 0 Å². The van der Waals surface area contributed by atoms with Gasteiger partial charge in [0.1, 0.15) is 0 Å². The highest BCUT2D eigenvalue weighted by atomic mass is 16.7. The molecule has 0 heterocycles. The zero-order chi connectivity index (χ0) is 12.7. The Bertz CT molecular complexity index is 348. The SMILES string of the molecule is CC.CON(C)C(=O)c1ccc(C)c(C)c1. The Hall–Kier alpha value is -1.35. The smallest absolute Gasteiger partial charge is 0.274 e. The molecule has 0 fully saturated rings. The van der Waals surface area contributed by atoms with Gasteiger partial charge in [0.25, 0.3) is 5.91 Å². The van der Waals surface area contributed by atoms with Crippen molar-refractivity contribution in [2.75, 3.05) is 14.2 Å². The van der Waals surface area contributed by atoms with E-state index in [1.54, 1.807) is 13.1 Å². The third kappa shape index (κ3) is 3.66. The fraction of sp³-hybridized carbons (Fsp3) is 0.462. The van der Waals surface area contributed by atoms with Gasteiger partial charge in [-0.2, -0.15) is 0 Å². The number of amides is 1. The summed E-state index contributed by atoms with van der Waals surface area (Å²) >= 11 is 0. The van der Waals surface area contributed by atoms with E-state index in [1.165, 1.54) is 17.7 Å². The number of benzene rings is 1. The molecule has 0 N–H and O–H groups in total. The number of carbonyl (C=O) groups excluding carboxylic acids is 1. The summed E-state index contributed by atoms with van der Waals surface area (Å²) in [5.41, 5.74) is 2.94. The van der Waals surface area contributed by atoms with Crippen LogP contribution >= 0.6 is 0 Å². The van der Waals surface area contributed by atoms with Gasteiger partial charge in [-0.05, 0) is 37.1 Å². The topological polar surface area (TPSA) is 29.5 Å². The molecule has 1 rings (SSSR count). The number of aryl methyl sites for hydroxylation is 2. The zero-order valence-electron chi connectivity index (χ0n) is 11.0. The van der Waals surface area contributed by atoms with E-state index in [-0.39, 0.29) is 5.91 Å². The molecule has 1 aromatic carbocycles. The average molecular weight is 223 g/mol. The molecule has 0 radical (unpaired) electrons. The standard InChI is InChI=1S/C11H15NO2.C2H6/c1-8-5-6-10(7-9(8)2)11(13)12(3)14-4;1-2/h5-7H,1-4H3;1-2H3. The van der Waals surface area contributed by atoms with Crippen molar-refractivity contribution in [3.05, 3.63) is 34.9 Å². The molecular formula is C13H21NO2. The fourth-order valence-electron chi connectivity index (χ4n) is 1.14. The van der Waals surface area contributed by atoms with Crippen LogP contribution in [0.5, 0.6) is 0 Å². The van der Waals surface area contributed by atoms with E-state index >= 15 is 0 Å². The summed E-state index contributed by atoms with van der Waals surface area (Å²) in [6, 6.07) is 5.61. The maximum absolute atomic E-state index is 11.6. The van der Waals surface area contributed by atoms with Crippen LogP contribution in [0.3, 0.4) is 0 Å². The van der Waals surface area contributed by atoms with Crippen LogP contribution in [0.4, 0.5) is 0 Å². The van der Waals surface area contributed by atoms with E-state index in [2.05, 4.69) is 0 Å². The van der Waals surface area contributed by atoms with Crippen LogP contribution in [0.2, 0.25) is 0 Å². The van der Waals surface area contributed by atoms with E-state index in [1.807, 2.05) is 39.8 Å². The Labute approximate surface area is 98.0 Å². The molecule has 1 amide bonds. The maximum atomic E-state index is 11.6. The lowest BCUT2D eigenvalue weighted by Crippen LogP contribution is -2.25. The van der Waals surface area contributed by atoms with Gasteiger partial charge in [0, 0.05) is 12.6 Å². The van der Waals surface area contributed by atoms with E-state index in [4.69, 9.17) is 4.84 Å². The molecule has 0 saturated heterocycles. The van der Waals surface area contributed by atoms with Crippen molar-refractivity contribution in [1.29, 1.82) is 0 Å². The highest BCUT2D eigenvalue weighted by molar-refractivity contribution is 5.93. The third-order valence-electron chi connectivity index (χ3n) is 2.31. The summed E-state index contributed by atoms with van der Waals surface area (Å²) < 4.78 is 0. The Morgan fingerprint density at radius 1 is 1.19 bits per heavy atom. The van der Waals surface area contributed by atoms with Gasteiger partial charge in [0.15, 0.2) is 0 Å². The van der Waals surface area contributed by atoms with E-state index in [0.717, 1.165) is 5.56 Å². The molecule has 0 atom stereocenters. The Morgan fingerprint density at radius 3 is 2.19 bits per heavy atom. The fourth-order valence-corrected chi connectivity index (χ4v) is 1.14.